The molecule has 0 bridgehead atoms. The van der Waals surface area contributed by atoms with Crippen molar-refractivity contribution in [3.8, 4) is 33.4 Å². The molecule has 71 heavy (non-hydrogen) atoms. The van der Waals surface area contributed by atoms with Crippen molar-refractivity contribution in [3.63, 3.8) is 0 Å². The highest BCUT2D eigenvalue weighted by molar-refractivity contribution is 7.26. The Morgan fingerprint density at radius 2 is 1.06 bits per heavy atom. The number of para-hydroxylation sites is 1. The van der Waals surface area contributed by atoms with Crippen LogP contribution in [0, 0.1) is 11.8 Å². The summed E-state index contributed by atoms with van der Waals surface area (Å²) in [7, 11) is 0. The predicted molar refractivity (Wildman–Crippen MR) is 300 cm³/mol. The quantitative estimate of drug-likeness (QED) is 0.147. The third-order valence-corrected chi connectivity index (χ3v) is 17.5. The van der Waals surface area contributed by atoms with E-state index < -0.39 is 10.8 Å². The zero-order valence-corrected chi connectivity index (χ0v) is 40.5. The molecule has 1 nitrogen and oxygen atoms in total. The summed E-state index contributed by atoms with van der Waals surface area (Å²) in [4.78, 5) is 2.59. The summed E-state index contributed by atoms with van der Waals surface area (Å²) < 4.78 is 2.62. The van der Waals surface area contributed by atoms with Crippen LogP contribution in [0.4, 0.5) is 17.1 Å². The van der Waals surface area contributed by atoms with E-state index in [0.29, 0.717) is 5.92 Å². The van der Waals surface area contributed by atoms with E-state index in [2.05, 4.69) is 267 Å². The molecule has 0 fully saturated rings. The molecule has 4 unspecified atom stereocenters. The molecule has 0 saturated heterocycles. The van der Waals surface area contributed by atoms with Crippen LogP contribution in [0.3, 0.4) is 0 Å². The van der Waals surface area contributed by atoms with Gasteiger partial charge in [0.15, 0.2) is 0 Å². The minimum absolute atomic E-state index is 0.182. The van der Waals surface area contributed by atoms with E-state index in [1.807, 2.05) is 11.3 Å². The number of fused-ring (bicyclic) bond motifs is 9. The van der Waals surface area contributed by atoms with Gasteiger partial charge in [0.05, 0.1) is 16.5 Å². The van der Waals surface area contributed by atoms with Gasteiger partial charge < -0.3 is 4.90 Å². The second-order valence-corrected chi connectivity index (χ2v) is 20.8. The number of hydrogen-bond donors (Lipinski definition) is 0. The van der Waals surface area contributed by atoms with Crippen LogP contribution in [0.25, 0.3) is 53.6 Å². The molecule has 0 aliphatic heterocycles. The van der Waals surface area contributed by atoms with Crippen molar-refractivity contribution >= 4 is 48.6 Å². The Kier molecular flexibility index (Phi) is 9.76. The number of thiophene rings is 1. The Morgan fingerprint density at radius 3 is 1.82 bits per heavy atom. The van der Waals surface area contributed by atoms with E-state index in [1.165, 1.54) is 92.5 Å². The summed E-state index contributed by atoms with van der Waals surface area (Å²) in [5.74, 6) is 0.483. The summed E-state index contributed by atoms with van der Waals surface area (Å²) >= 11 is 1.90. The van der Waals surface area contributed by atoms with Crippen LogP contribution in [-0.2, 0) is 10.8 Å². The van der Waals surface area contributed by atoms with Crippen LogP contribution in [0.5, 0.6) is 0 Å². The number of hydrogen-bond acceptors (Lipinski definition) is 2. The van der Waals surface area contributed by atoms with Crippen molar-refractivity contribution in [2.24, 2.45) is 11.8 Å². The van der Waals surface area contributed by atoms with Crippen LogP contribution < -0.4 is 4.90 Å². The molecule has 1 heterocycles. The minimum Gasteiger partial charge on any atom is -0.310 e. The Labute approximate surface area is 420 Å². The first-order valence-corrected chi connectivity index (χ1v) is 26.1. The zero-order valence-electron chi connectivity index (χ0n) is 39.7. The maximum Gasteiger partial charge on any atom is 0.0677 e. The second-order valence-electron chi connectivity index (χ2n) is 19.8. The van der Waals surface area contributed by atoms with Crippen molar-refractivity contribution in [3.05, 3.63) is 294 Å². The van der Waals surface area contributed by atoms with Gasteiger partial charge in [-0.2, -0.15) is 0 Å². The van der Waals surface area contributed by atoms with Crippen molar-refractivity contribution in [2.75, 3.05) is 4.90 Å². The summed E-state index contributed by atoms with van der Waals surface area (Å²) in [5, 5.41) is 2.61. The van der Waals surface area contributed by atoms with Gasteiger partial charge >= 0.3 is 0 Å². The van der Waals surface area contributed by atoms with Gasteiger partial charge in [-0.1, -0.05) is 231 Å². The lowest BCUT2D eigenvalue weighted by Crippen LogP contribution is -2.39. The third kappa shape index (κ3) is 6.11. The molecule has 0 N–H and O–H groups in total. The molecule has 0 radical (unpaired) electrons. The molecule has 9 aromatic carbocycles. The molecule has 4 aliphatic rings. The van der Waals surface area contributed by atoms with Crippen LogP contribution >= 0.6 is 11.3 Å². The average Bonchev–Trinajstić information content (AvgIpc) is 4.07. The normalized spacial score (nSPS) is 20.4. The second kappa shape index (κ2) is 16.5. The standard InChI is InChI=1S/C69H51NS/c1-46-22-11-16-35-60(46)69(49-27-9-4-10-28-49)62-37-18-13-30-53(62)55-43-41-51(45-64(55)69)70(65-38-19-14-31-56(65)58-33-21-34-59-57-32-15-20-39-66(57)71-67(58)59)50-40-42-54-52-29-12-17-36-61(52)68(63(54)44-50,47-23-5-2-6-24-47)48-25-7-3-8-26-48/h2-7,9-25,27-46,60H,8,26H2,1H3. The summed E-state index contributed by atoms with van der Waals surface area (Å²) in [6, 6.07) is 80.7. The van der Waals surface area contributed by atoms with Gasteiger partial charge in [0, 0.05) is 48.6 Å². The molecule has 0 saturated carbocycles. The maximum atomic E-state index is 2.59. The molecule has 0 amide bonds. The SMILES string of the molecule is CC1C=CC=CC1C1(c2ccccc2)c2ccccc2-c2ccc(N(c3ccc4c(c3)C(C3=CC=CCC3)(c3ccccc3)c3ccccc3-4)c3ccccc3-c3cccc4c3sc3ccccc34)cc21. The van der Waals surface area contributed by atoms with Crippen molar-refractivity contribution < 1.29 is 0 Å². The fourth-order valence-corrected chi connectivity index (χ4v) is 14.6. The molecule has 338 valence electrons. The van der Waals surface area contributed by atoms with E-state index in [-0.39, 0.29) is 5.92 Å². The zero-order chi connectivity index (χ0) is 47.1. The Hall–Kier alpha value is -8.04. The topological polar surface area (TPSA) is 3.24 Å². The van der Waals surface area contributed by atoms with Crippen LogP contribution in [0.1, 0.15) is 53.1 Å². The fourth-order valence-electron chi connectivity index (χ4n) is 13.4. The van der Waals surface area contributed by atoms with Gasteiger partial charge in [0.2, 0.25) is 0 Å². The number of anilines is 3. The van der Waals surface area contributed by atoms with Crippen molar-refractivity contribution in [1.29, 1.82) is 0 Å². The molecule has 4 aliphatic carbocycles. The van der Waals surface area contributed by atoms with Crippen molar-refractivity contribution in [1.82, 2.24) is 0 Å². The van der Waals surface area contributed by atoms with E-state index >= 15 is 0 Å². The smallest absolute Gasteiger partial charge is 0.0677 e. The summed E-state index contributed by atoms with van der Waals surface area (Å²) in [6.45, 7) is 2.40. The van der Waals surface area contributed by atoms with Crippen LogP contribution in [-0.4, -0.2) is 0 Å². The van der Waals surface area contributed by atoms with E-state index in [4.69, 9.17) is 0 Å². The Bertz CT molecular complexity index is 3870. The molecule has 10 aromatic rings. The number of nitrogens with zero attached hydrogens (tertiary/aromatic N) is 1. The Morgan fingerprint density at radius 1 is 0.465 bits per heavy atom. The van der Waals surface area contributed by atoms with Gasteiger partial charge in [0.1, 0.15) is 0 Å². The van der Waals surface area contributed by atoms with Crippen LogP contribution in [0.2, 0.25) is 0 Å². The maximum absolute atomic E-state index is 2.59. The van der Waals surface area contributed by atoms with Gasteiger partial charge in [-0.15, -0.1) is 11.3 Å². The first kappa shape index (κ1) is 41.9. The third-order valence-electron chi connectivity index (χ3n) is 16.3. The average molecular weight is 926 g/mol. The molecular formula is C69H51NS. The molecule has 4 atom stereocenters. The minimum atomic E-state index is -0.471. The van der Waals surface area contributed by atoms with Gasteiger partial charge in [-0.25, -0.2) is 0 Å². The number of allylic oxidation sites excluding steroid dienone is 8. The monoisotopic (exact) mass is 925 g/mol. The highest BCUT2D eigenvalue weighted by Gasteiger charge is 2.51. The predicted octanol–water partition coefficient (Wildman–Crippen LogP) is 18.5. The molecule has 1 aromatic heterocycles. The van der Waals surface area contributed by atoms with E-state index in [0.717, 1.165) is 29.9 Å². The van der Waals surface area contributed by atoms with E-state index in [1.54, 1.807) is 0 Å². The largest absolute Gasteiger partial charge is 0.310 e. The lowest BCUT2D eigenvalue weighted by molar-refractivity contribution is 0.374. The molecular weight excluding hydrogens is 875 g/mol. The highest BCUT2D eigenvalue weighted by atomic mass is 32.1. The summed E-state index contributed by atoms with van der Waals surface area (Å²) in [6.07, 6.45) is 18.4. The number of rotatable bonds is 8. The molecule has 2 heteroatoms. The molecule has 14 rings (SSSR count). The lowest BCUT2D eigenvalue weighted by Gasteiger charge is -2.42. The van der Waals surface area contributed by atoms with E-state index in [9.17, 15) is 0 Å². The van der Waals surface area contributed by atoms with Gasteiger partial charge in [-0.05, 0) is 111 Å². The molecule has 0 spiro atoms. The van der Waals surface area contributed by atoms with Gasteiger partial charge in [-0.3, -0.25) is 0 Å². The van der Waals surface area contributed by atoms with Crippen molar-refractivity contribution in [2.45, 2.75) is 30.6 Å². The number of benzene rings is 9. The first-order valence-electron chi connectivity index (χ1n) is 25.3. The Balaban J connectivity index is 1.07. The van der Waals surface area contributed by atoms with Gasteiger partial charge in [0.25, 0.3) is 0 Å². The van der Waals surface area contributed by atoms with Crippen LogP contribution in [0.15, 0.2) is 260 Å². The highest BCUT2D eigenvalue weighted by Crippen LogP contribution is 2.62. The first-order chi connectivity index (χ1) is 35.2. The lowest BCUT2D eigenvalue weighted by atomic mass is 9.60. The summed E-state index contributed by atoms with van der Waals surface area (Å²) in [5.41, 5.74) is 19.6. The fraction of sp³-hybridized carbons (Fsp3) is 0.101.